The number of nitrogens with one attached hydrogen (secondary N) is 3. The number of anilines is 3. The Hall–Kier alpha value is -3.61. The normalized spacial score (nSPS) is 10.8. The number of methoxy groups -OCH3 is 1. The number of fused-ring (bicyclic) bond motifs is 1. The van der Waals surface area contributed by atoms with E-state index in [2.05, 4.69) is 36.6 Å². The predicted octanol–water partition coefficient (Wildman–Crippen LogP) is 4.12. The van der Waals surface area contributed by atoms with Crippen LogP contribution >= 0.6 is 0 Å². The molecule has 0 amide bonds. The second-order valence-electron chi connectivity index (χ2n) is 6.15. The quantitative estimate of drug-likeness (QED) is 0.496. The van der Waals surface area contributed by atoms with Crippen molar-refractivity contribution in [3.8, 4) is 17.0 Å². The third-order valence-electron chi connectivity index (χ3n) is 4.28. The van der Waals surface area contributed by atoms with E-state index in [1.54, 1.807) is 13.3 Å². The lowest BCUT2D eigenvalue weighted by molar-refractivity contribution is 0.416. The molecule has 0 spiro atoms. The maximum Gasteiger partial charge on any atom is 0.229 e. The molecular formula is C20H20N6O. The summed E-state index contributed by atoms with van der Waals surface area (Å²) in [7, 11) is 3.50. The molecule has 3 N–H and O–H groups in total. The Morgan fingerprint density at radius 3 is 2.74 bits per heavy atom. The third kappa shape index (κ3) is 3.39. The Balaban J connectivity index is 1.73. The fourth-order valence-electron chi connectivity index (χ4n) is 3.00. The van der Waals surface area contributed by atoms with Gasteiger partial charge < -0.3 is 20.4 Å². The van der Waals surface area contributed by atoms with Crippen molar-refractivity contribution in [1.29, 1.82) is 0 Å². The molecule has 0 bridgehead atoms. The lowest BCUT2D eigenvalue weighted by Crippen LogP contribution is -2.02. The van der Waals surface area contributed by atoms with Crippen molar-refractivity contribution in [3.05, 3.63) is 54.5 Å². The molecule has 0 aliphatic carbocycles. The van der Waals surface area contributed by atoms with Crippen LogP contribution < -0.4 is 15.4 Å². The van der Waals surface area contributed by atoms with Crippen LogP contribution in [0.1, 0.15) is 5.69 Å². The van der Waals surface area contributed by atoms with Gasteiger partial charge in [-0.2, -0.15) is 4.98 Å². The lowest BCUT2D eigenvalue weighted by atomic mass is 10.1. The monoisotopic (exact) mass is 360 g/mol. The van der Waals surface area contributed by atoms with E-state index in [-0.39, 0.29) is 0 Å². The molecular weight excluding hydrogens is 340 g/mol. The van der Waals surface area contributed by atoms with Crippen LogP contribution in [0.3, 0.4) is 0 Å². The Morgan fingerprint density at radius 2 is 1.96 bits per heavy atom. The molecule has 7 heteroatoms. The molecule has 3 heterocycles. The number of aryl methyl sites for hydroxylation is 1. The number of nitrogens with zero attached hydrogens (tertiary/aromatic N) is 3. The van der Waals surface area contributed by atoms with E-state index in [1.807, 2.05) is 50.5 Å². The van der Waals surface area contributed by atoms with Gasteiger partial charge >= 0.3 is 0 Å². The maximum absolute atomic E-state index is 5.55. The largest absolute Gasteiger partial charge is 0.496 e. The van der Waals surface area contributed by atoms with Crippen LogP contribution in [-0.4, -0.2) is 34.1 Å². The number of benzene rings is 1. The summed E-state index contributed by atoms with van der Waals surface area (Å²) in [5, 5.41) is 7.41. The molecule has 4 aromatic rings. The predicted molar refractivity (Wildman–Crippen MR) is 108 cm³/mol. The van der Waals surface area contributed by atoms with E-state index in [0.29, 0.717) is 5.95 Å². The zero-order valence-corrected chi connectivity index (χ0v) is 15.4. The molecule has 4 rings (SSSR count). The smallest absolute Gasteiger partial charge is 0.229 e. The van der Waals surface area contributed by atoms with Gasteiger partial charge in [0.2, 0.25) is 5.95 Å². The van der Waals surface area contributed by atoms with E-state index >= 15 is 0 Å². The molecule has 1 aromatic carbocycles. The van der Waals surface area contributed by atoms with Gasteiger partial charge in [-0.3, -0.25) is 4.98 Å². The van der Waals surface area contributed by atoms with E-state index in [9.17, 15) is 0 Å². The maximum atomic E-state index is 5.55. The summed E-state index contributed by atoms with van der Waals surface area (Å²) in [6.45, 7) is 1.94. The zero-order chi connectivity index (χ0) is 18.8. The van der Waals surface area contributed by atoms with Crippen LogP contribution in [-0.2, 0) is 0 Å². The second kappa shape index (κ2) is 6.95. The summed E-state index contributed by atoms with van der Waals surface area (Å²) < 4.78 is 5.55. The highest BCUT2D eigenvalue weighted by molar-refractivity contribution is 5.87. The molecule has 0 unspecified atom stereocenters. The second-order valence-corrected chi connectivity index (χ2v) is 6.15. The summed E-state index contributed by atoms with van der Waals surface area (Å²) in [6.07, 6.45) is 3.59. The fraction of sp³-hybridized carbons (Fsp3) is 0.150. The van der Waals surface area contributed by atoms with Gasteiger partial charge in [-0.1, -0.05) is 0 Å². The Labute approximate surface area is 156 Å². The van der Waals surface area contributed by atoms with Crippen molar-refractivity contribution >= 4 is 28.4 Å². The highest BCUT2D eigenvalue weighted by atomic mass is 16.5. The highest BCUT2D eigenvalue weighted by Crippen LogP contribution is 2.34. The molecule has 0 saturated heterocycles. The molecule has 0 saturated carbocycles. The first-order valence-electron chi connectivity index (χ1n) is 8.58. The van der Waals surface area contributed by atoms with E-state index in [4.69, 9.17) is 4.74 Å². The molecule has 0 aliphatic heterocycles. The summed E-state index contributed by atoms with van der Waals surface area (Å²) in [4.78, 5) is 16.5. The number of H-pyrrole nitrogens is 1. The van der Waals surface area contributed by atoms with Gasteiger partial charge in [0.25, 0.3) is 0 Å². The van der Waals surface area contributed by atoms with E-state index < -0.39 is 0 Å². The number of pyridine rings is 1. The summed E-state index contributed by atoms with van der Waals surface area (Å²) in [5.41, 5.74) is 4.64. The first-order chi connectivity index (χ1) is 13.2. The van der Waals surface area contributed by atoms with Crippen molar-refractivity contribution in [2.75, 3.05) is 24.8 Å². The van der Waals surface area contributed by atoms with Crippen molar-refractivity contribution < 1.29 is 4.74 Å². The SMILES string of the molecule is CNc1cc(C)nc(Nc2ccc(OC)c(-c3cc4ccncc4[nH]3)c2)n1. The molecule has 0 aliphatic rings. The Morgan fingerprint density at radius 1 is 1.07 bits per heavy atom. The van der Waals surface area contributed by atoms with E-state index in [0.717, 1.165) is 45.1 Å². The minimum atomic E-state index is 0.538. The van der Waals surface area contributed by atoms with Crippen LogP contribution in [0, 0.1) is 6.92 Å². The van der Waals surface area contributed by atoms with E-state index in [1.165, 1.54) is 0 Å². The van der Waals surface area contributed by atoms with Crippen molar-refractivity contribution in [3.63, 3.8) is 0 Å². The van der Waals surface area contributed by atoms with Gasteiger partial charge in [0, 0.05) is 41.6 Å². The number of ether oxygens (including phenoxy) is 1. The fourth-order valence-corrected chi connectivity index (χ4v) is 3.00. The Kier molecular flexibility index (Phi) is 4.33. The molecule has 3 aromatic heterocycles. The first-order valence-corrected chi connectivity index (χ1v) is 8.58. The minimum Gasteiger partial charge on any atom is -0.496 e. The van der Waals surface area contributed by atoms with Crippen LogP contribution in [0.15, 0.2) is 48.8 Å². The molecule has 0 atom stereocenters. The summed E-state index contributed by atoms with van der Waals surface area (Å²) >= 11 is 0. The van der Waals surface area contributed by atoms with Crippen LogP contribution in [0.5, 0.6) is 5.75 Å². The van der Waals surface area contributed by atoms with Gasteiger partial charge in [-0.05, 0) is 37.3 Å². The zero-order valence-electron chi connectivity index (χ0n) is 15.4. The van der Waals surface area contributed by atoms with Crippen LogP contribution in [0.25, 0.3) is 22.2 Å². The standard InChI is InChI=1S/C20H20N6O/c1-12-8-19(21-2)26-20(23-12)24-14-4-5-18(27-3)15(10-14)16-9-13-6-7-22-11-17(13)25-16/h4-11,25H,1-3H3,(H2,21,23,24,26). The number of aromatic amines is 1. The van der Waals surface area contributed by atoms with Gasteiger partial charge in [-0.15, -0.1) is 0 Å². The number of aromatic nitrogens is 4. The average molecular weight is 360 g/mol. The third-order valence-corrected chi connectivity index (χ3v) is 4.28. The van der Waals surface area contributed by atoms with Crippen molar-refractivity contribution in [1.82, 2.24) is 19.9 Å². The minimum absolute atomic E-state index is 0.538. The number of hydrogen-bond donors (Lipinski definition) is 3. The molecule has 7 nitrogen and oxygen atoms in total. The molecule has 27 heavy (non-hydrogen) atoms. The molecule has 0 radical (unpaired) electrons. The van der Waals surface area contributed by atoms with Gasteiger partial charge in [-0.25, -0.2) is 4.98 Å². The first kappa shape index (κ1) is 16.8. The van der Waals surface area contributed by atoms with Gasteiger partial charge in [0.05, 0.1) is 24.5 Å². The van der Waals surface area contributed by atoms with Gasteiger partial charge in [0.15, 0.2) is 0 Å². The summed E-state index contributed by atoms with van der Waals surface area (Å²) in [5.74, 6) is 2.08. The lowest BCUT2D eigenvalue weighted by Gasteiger charge is -2.12. The Bertz CT molecular complexity index is 1070. The topological polar surface area (TPSA) is 87.8 Å². The number of rotatable bonds is 5. The van der Waals surface area contributed by atoms with Crippen molar-refractivity contribution in [2.45, 2.75) is 6.92 Å². The molecule has 136 valence electrons. The number of hydrogen-bond acceptors (Lipinski definition) is 6. The van der Waals surface area contributed by atoms with Gasteiger partial charge in [0.1, 0.15) is 11.6 Å². The summed E-state index contributed by atoms with van der Waals surface area (Å²) in [6, 6.07) is 11.8. The average Bonchev–Trinajstić information content (AvgIpc) is 3.11. The highest BCUT2D eigenvalue weighted by Gasteiger charge is 2.11. The molecule has 0 fully saturated rings. The van der Waals surface area contributed by atoms with Crippen LogP contribution in [0.2, 0.25) is 0 Å². The van der Waals surface area contributed by atoms with Crippen LogP contribution in [0.4, 0.5) is 17.5 Å². The van der Waals surface area contributed by atoms with Crippen molar-refractivity contribution in [2.24, 2.45) is 0 Å².